The van der Waals surface area contributed by atoms with E-state index in [9.17, 15) is 154 Å². The van der Waals surface area contributed by atoms with Gasteiger partial charge in [-0.3, -0.25) is 4.39 Å². The summed E-state index contributed by atoms with van der Waals surface area (Å²) in [5, 5.41) is 0. The zero-order valence-electron chi connectivity index (χ0n) is 28.7. The van der Waals surface area contributed by atoms with E-state index < -0.39 is 145 Å². The van der Waals surface area contributed by atoms with E-state index in [2.05, 4.69) is 0 Å². The van der Waals surface area contributed by atoms with Gasteiger partial charge in [0.05, 0.1) is 18.5 Å². The van der Waals surface area contributed by atoms with Crippen molar-refractivity contribution in [1.29, 1.82) is 0 Å². The second-order valence-corrected chi connectivity index (χ2v) is 13.1. The van der Waals surface area contributed by atoms with Crippen LogP contribution in [0.4, 0.5) is 154 Å². The molecule has 6 atom stereocenters. The Morgan fingerprint density at radius 1 is 0.492 bits per heavy atom. The molecule has 0 aliphatic heterocycles. The van der Waals surface area contributed by atoms with Crippen LogP contribution in [0.25, 0.3) is 0 Å². The lowest BCUT2D eigenvalue weighted by Crippen LogP contribution is -2.90. The van der Waals surface area contributed by atoms with Gasteiger partial charge in [-0.15, -0.1) is 0 Å². The smallest absolute Gasteiger partial charge is 0.251 e. The maximum atomic E-state index is 14.2. The largest absolute Gasteiger partial charge is 0.459 e. The fraction of sp³-hybridized carbons (Fsp3) is 1.00. The van der Waals surface area contributed by atoms with Gasteiger partial charge in [-0.25, -0.2) is 43.9 Å². The predicted molar refractivity (Wildman–Crippen MR) is 128 cm³/mol. The summed E-state index contributed by atoms with van der Waals surface area (Å²) < 4.78 is 450. The molecule has 0 amide bonds. The first-order chi connectivity index (χ1) is 26.0. The number of hydrogen-bond acceptors (Lipinski definition) is 0. The zero-order chi connectivity index (χ0) is 50.5. The van der Waals surface area contributed by atoms with E-state index >= 15 is 0 Å². The van der Waals surface area contributed by atoms with E-state index in [0.29, 0.717) is 0 Å². The van der Waals surface area contributed by atoms with Crippen LogP contribution in [0.2, 0.25) is 0 Å². The SMILES string of the molecule is CC(C(F)(F)CF)C(F)(F)C(F)(F)C(F)(F)F.CC1(F)C(F)(F)C(F)(C(F)(F)F)C(F)(F)C(F)(C(F)(F)CCF)C1(F)F.CC1C(F)(F)C(F)(F)C(F)(F)C(F)(F)C1(F)CF. The highest BCUT2D eigenvalue weighted by atomic mass is 19.4. The minimum Gasteiger partial charge on any atom is -0.251 e. The molecular weight excluding hydrogens is 977 g/mol. The minimum atomic E-state index is -7.94. The molecule has 0 nitrogen and oxygen atoms in total. The highest BCUT2D eigenvalue weighted by Gasteiger charge is 3.05. The van der Waals surface area contributed by atoms with Crippen molar-refractivity contribution in [2.75, 3.05) is 20.0 Å². The van der Waals surface area contributed by atoms with Gasteiger partial charge in [0.1, 0.15) is 6.67 Å². The average molecular weight is 996 g/mol. The molecule has 0 N–H and O–H groups in total. The van der Waals surface area contributed by atoms with Crippen LogP contribution in [0.5, 0.6) is 0 Å². The Kier molecular flexibility index (Phi) is 14.7. The molecule has 368 valence electrons. The van der Waals surface area contributed by atoms with Crippen molar-refractivity contribution in [1.82, 2.24) is 0 Å². The van der Waals surface area contributed by atoms with Gasteiger partial charge in [0, 0.05) is 6.42 Å². The predicted octanol–water partition coefficient (Wildman–Crippen LogP) is 13.5. The fourth-order valence-electron chi connectivity index (χ4n) is 5.12. The average Bonchev–Trinajstić information content (AvgIpc) is 3.07. The maximum Gasteiger partial charge on any atom is 0.459 e. The molecule has 2 aliphatic rings. The molecule has 2 rings (SSSR count). The summed E-state index contributed by atoms with van der Waals surface area (Å²) >= 11 is 0. The molecule has 35 heteroatoms. The Hall–Kier alpha value is -2.45. The summed E-state index contributed by atoms with van der Waals surface area (Å²) in [4.78, 5) is 0. The Balaban J connectivity index is 0.000000915. The number of hydrogen-bond donors (Lipinski definition) is 0. The van der Waals surface area contributed by atoms with Crippen molar-refractivity contribution in [3.05, 3.63) is 0 Å². The minimum absolute atomic E-state index is 0.170. The van der Waals surface area contributed by atoms with Crippen LogP contribution in [0.15, 0.2) is 0 Å². The molecule has 2 aliphatic carbocycles. The zero-order valence-corrected chi connectivity index (χ0v) is 28.7. The molecule has 61 heavy (non-hydrogen) atoms. The van der Waals surface area contributed by atoms with Crippen LogP contribution in [-0.4, -0.2) is 120 Å². The first-order valence-corrected chi connectivity index (χ1v) is 14.7. The second-order valence-electron chi connectivity index (χ2n) is 13.1. The van der Waals surface area contributed by atoms with Gasteiger partial charge in [0.25, 0.3) is 11.8 Å². The van der Waals surface area contributed by atoms with E-state index in [0.717, 1.165) is 0 Å². The van der Waals surface area contributed by atoms with E-state index in [1.807, 2.05) is 0 Å². The van der Waals surface area contributed by atoms with Crippen molar-refractivity contribution in [2.45, 2.75) is 127 Å². The lowest BCUT2D eigenvalue weighted by atomic mass is 9.60. The first-order valence-electron chi connectivity index (χ1n) is 14.7. The van der Waals surface area contributed by atoms with Crippen LogP contribution in [0.1, 0.15) is 27.2 Å². The molecule has 0 heterocycles. The third-order valence-corrected chi connectivity index (χ3v) is 9.50. The van der Waals surface area contributed by atoms with Crippen molar-refractivity contribution < 1.29 is 154 Å². The summed E-state index contributed by atoms with van der Waals surface area (Å²) in [6, 6.07) is 0. The molecular formula is C26H19F35. The Morgan fingerprint density at radius 3 is 1.15 bits per heavy atom. The topological polar surface area (TPSA) is 0 Å². The monoisotopic (exact) mass is 996 g/mol. The first kappa shape index (κ1) is 58.6. The molecule has 0 radical (unpaired) electrons. The quantitative estimate of drug-likeness (QED) is 0.213. The summed E-state index contributed by atoms with van der Waals surface area (Å²) in [6.07, 6.45) is -17.4. The summed E-state index contributed by atoms with van der Waals surface area (Å²) in [7, 11) is 0. The van der Waals surface area contributed by atoms with Crippen molar-refractivity contribution in [3.8, 4) is 0 Å². The number of halogens is 35. The van der Waals surface area contributed by atoms with Crippen molar-refractivity contribution in [3.63, 3.8) is 0 Å². The molecule has 2 fully saturated rings. The molecule has 6 unspecified atom stereocenters. The van der Waals surface area contributed by atoms with Crippen LogP contribution in [0.3, 0.4) is 0 Å². The summed E-state index contributed by atoms with van der Waals surface area (Å²) in [5.41, 5.74) is -26.9. The van der Waals surface area contributed by atoms with Crippen molar-refractivity contribution >= 4 is 0 Å². The molecule has 0 bridgehead atoms. The van der Waals surface area contributed by atoms with Crippen LogP contribution >= 0.6 is 0 Å². The Labute approximate surface area is 314 Å². The van der Waals surface area contributed by atoms with E-state index in [1.54, 1.807) is 0 Å². The van der Waals surface area contributed by atoms with Gasteiger partial charge < -0.3 is 0 Å². The third-order valence-electron chi connectivity index (χ3n) is 9.50. The van der Waals surface area contributed by atoms with Crippen molar-refractivity contribution in [2.24, 2.45) is 11.8 Å². The normalized spacial score (nSPS) is 33.6. The third kappa shape index (κ3) is 7.15. The molecule has 0 spiro atoms. The fourth-order valence-corrected chi connectivity index (χ4v) is 5.12. The molecule has 2 saturated carbocycles. The molecule has 0 saturated heterocycles. The van der Waals surface area contributed by atoms with Crippen LogP contribution < -0.4 is 0 Å². The van der Waals surface area contributed by atoms with Crippen LogP contribution in [0, 0.1) is 11.8 Å². The van der Waals surface area contributed by atoms with E-state index in [4.69, 9.17) is 0 Å². The Bertz CT molecular complexity index is 1500. The van der Waals surface area contributed by atoms with Gasteiger partial charge in [-0.05, 0) is 6.92 Å². The second kappa shape index (κ2) is 15.3. The highest BCUT2D eigenvalue weighted by Crippen LogP contribution is 2.74. The van der Waals surface area contributed by atoms with Crippen LogP contribution in [-0.2, 0) is 0 Å². The van der Waals surface area contributed by atoms with Gasteiger partial charge in [-0.2, -0.15) is 105 Å². The maximum absolute atomic E-state index is 14.2. The van der Waals surface area contributed by atoms with Gasteiger partial charge in [0.15, 0.2) is 6.67 Å². The molecule has 0 aromatic rings. The number of rotatable bonds is 8. The van der Waals surface area contributed by atoms with Gasteiger partial charge in [0.2, 0.25) is 11.3 Å². The molecule has 0 aromatic carbocycles. The summed E-state index contributed by atoms with van der Waals surface area (Å²) in [5.74, 6) is -79.7. The highest BCUT2D eigenvalue weighted by molar-refractivity contribution is 5.35. The Morgan fingerprint density at radius 2 is 0.852 bits per heavy atom. The standard InChI is InChI=1S/C11H7F15.C8H6F10.C7H6F10/c1-4(13)8(18,19)6(16,5(14,15)2-3-12)10(22,23)7(17,9(4,20)21)11(24,25)26;1-3-4(10,2-9)6(13,14)8(17,18)7(15,16)5(3,11)12;1-3(4(9,10)2-8)5(11,12)6(13,14)7(15,16)17/h2-3H2,1H3;3H,2H2,1H3;3H,2H2,1H3. The van der Waals surface area contributed by atoms with E-state index in [1.165, 1.54) is 0 Å². The van der Waals surface area contributed by atoms with Gasteiger partial charge in [-0.1, -0.05) is 13.8 Å². The number of alkyl halides is 35. The lowest BCUT2D eigenvalue weighted by Gasteiger charge is -2.58. The van der Waals surface area contributed by atoms with E-state index in [-0.39, 0.29) is 13.8 Å². The lowest BCUT2D eigenvalue weighted by molar-refractivity contribution is -0.494. The molecule has 0 aromatic heterocycles. The summed E-state index contributed by atoms with van der Waals surface area (Å²) in [6.45, 7) is -10.1. The van der Waals surface area contributed by atoms with Gasteiger partial charge >= 0.3 is 77.0 Å².